The van der Waals surface area contributed by atoms with E-state index in [4.69, 9.17) is 0 Å². The Hall–Kier alpha value is -1.62. The molecule has 90 valence electrons. The van der Waals surface area contributed by atoms with Crippen LogP contribution in [-0.2, 0) is 6.42 Å². The lowest BCUT2D eigenvalue weighted by molar-refractivity contribution is 0.995. The lowest BCUT2D eigenvalue weighted by Gasteiger charge is -2.07. The summed E-state index contributed by atoms with van der Waals surface area (Å²) in [6.07, 6.45) is 6.45. The fourth-order valence-corrected chi connectivity index (χ4v) is 2.15. The smallest absolute Gasteiger partial charge is 0.0942 e. The van der Waals surface area contributed by atoms with Gasteiger partial charge in [-0.15, -0.1) is 11.3 Å². The van der Waals surface area contributed by atoms with Gasteiger partial charge in [0.25, 0.3) is 0 Å². The first-order valence-corrected chi connectivity index (χ1v) is 6.57. The molecule has 0 aliphatic rings. The molecule has 0 radical (unpaired) electrons. The van der Waals surface area contributed by atoms with Gasteiger partial charge in [-0.05, 0) is 13.0 Å². The van der Waals surface area contributed by atoms with Crippen LogP contribution in [0.15, 0.2) is 30.0 Å². The molecule has 0 saturated carbocycles. The van der Waals surface area contributed by atoms with E-state index in [1.165, 1.54) is 0 Å². The van der Waals surface area contributed by atoms with E-state index in [2.05, 4.69) is 33.6 Å². The SMILES string of the molecule is CCNc1cncc(NCCc2nccs2)c1. The molecule has 0 bridgehead atoms. The van der Waals surface area contributed by atoms with Crippen LogP contribution < -0.4 is 10.6 Å². The van der Waals surface area contributed by atoms with Crippen LogP contribution in [0, 0.1) is 0 Å². The summed E-state index contributed by atoms with van der Waals surface area (Å²) < 4.78 is 0. The van der Waals surface area contributed by atoms with Gasteiger partial charge in [-0.2, -0.15) is 0 Å². The minimum absolute atomic E-state index is 0.880. The fourth-order valence-electron chi connectivity index (χ4n) is 1.53. The van der Waals surface area contributed by atoms with Crippen molar-refractivity contribution in [2.24, 2.45) is 0 Å². The van der Waals surface area contributed by atoms with Gasteiger partial charge in [-0.25, -0.2) is 4.98 Å². The number of hydrogen-bond donors (Lipinski definition) is 2. The molecule has 0 saturated heterocycles. The Labute approximate surface area is 105 Å². The van der Waals surface area contributed by atoms with Crippen molar-refractivity contribution in [2.75, 3.05) is 23.7 Å². The van der Waals surface area contributed by atoms with Crippen molar-refractivity contribution in [3.8, 4) is 0 Å². The zero-order valence-corrected chi connectivity index (χ0v) is 10.6. The van der Waals surface area contributed by atoms with Crippen molar-refractivity contribution >= 4 is 22.7 Å². The fraction of sp³-hybridized carbons (Fsp3) is 0.333. The van der Waals surface area contributed by atoms with Crippen LogP contribution in [0.1, 0.15) is 11.9 Å². The summed E-state index contributed by atoms with van der Waals surface area (Å²) in [6.45, 7) is 3.86. The molecule has 4 nitrogen and oxygen atoms in total. The van der Waals surface area contributed by atoms with E-state index >= 15 is 0 Å². The molecule has 0 unspecified atom stereocenters. The molecule has 0 aliphatic carbocycles. The predicted octanol–water partition coefficient (Wildman–Crippen LogP) is 2.62. The van der Waals surface area contributed by atoms with Crippen LogP contribution in [0.3, 0.4) is 0 Å². The van der Waals surface area contributed by atoms with Crippen molar-refractivity contribution in [1.29, 1.82) is 0 Å². The van der Waals surface area contributed by atoms with Crippen molar-refractivity contribution in [1.82, 2.24) is 9.97 Å². The molecule has 2 heterocycles. The van der Waals surface area contributed by atoms with E-state index in [0.717, 1.165) is 35.9 Å². The van der Waals surface area contributed by atoms with Gasteiger partial charge in [-0.3, -0.25) is 4.98 Å². The first kappa shape index (κ1) is 11.9. The largest absolute Gasteiger partial charge is 0.384 e. The lowest BCUT2D eigenvalue weighted by atomic mass is 10.3. The predicted molar refractivity (Wildman–Crippen MR) is 72.7 cm³/mol. The topological polar surface area (TPSA) is 49.8 Å². The standard InChI is InChI=1S/C12H16N4S/c1-2-14-10-7-11(9-13-8-10)15-4-3-12-16-5-6-17-12/h5-9,14-15H,2-4H2,1H3. The minimum atomic E-state index is 0.880. The maximum absolute atomic E-state index is 4.24. The summed E-state index contributed by atoms with van der Waals surface area (Å²) in [5.41, 5.74) is 2.09. The minimum Gasteiger partial charge on any atom is -0.384 e. The number of rotatable bonds is 6. The van der Waals surface area contributed by atoms with Crippen LogP contribution in [0.2, 0.25) is 0 Å². The third-order valence-electron chi connectivity index (χ3n) is 2.27. The zero-order chi connectivity index (χ0) is 11.9. The molecule has 0 fully saturated rings. The number of nitrogens with one attached hydrogen (secondary N) is 2. The molecule has 5 heteroatoms. The maximum Gasteiger partial charge on any atom is 0.0942 e. The highest BCUT2D eigenvalue weighted by molar-refractivity contribution is 7.09. The highest BCUT2D eigenvalue weighted by atomic mass is 32.1. The molecular formula is C12H16N4S. The number of anilines is 2. The molecular weight excluding hydrogens is 232 g/mol. The van der Waals surface area contributed by atoms with E-state index in [0.29, 0.717) is 0 Å². The summed E-state index contributed by atoms with van der Waals surface area (Å²) in [7, 11) is 0. The first-order chi connectivity index (χ1) is 8.38. The van der Waals surface area contributed by atoms with E-state index in [9.17, 15) is 0 Å². The normalized spacial score (nSPS) is 10.2. The molecule has 0 aromatic carbocycles. The Balaban J connectivity index is 1.84. The second-order valence-corrected chi connectivity index (χ2v) is 4.57. The van der Waals surface area contributed by atoms with Gasteiger partial charge < -0.3 is 10.6 Å². The quantitative estimate of drug-likeness (QED) is 0.825. The highest BCUT2D eigenvalue weighted by Gasteiger charge is 1.97. The first-order valence-electron chi connectivity index (χ1n) is 5.69. The van der Waals surface area contributed by atoms with E-state index in [-0.39, 0.29) is 0 Å². The van der Waals surface area contributed by atoms with Gasteiger partial charge in [0.1, 0.15) is 0 Å². The van der Waals surface area contributed by atoms with Gasteiger partial charge in [0.05, 0.1) is 28.8 Å². The average Bonchev–Trinajstić information content (AvgIpc) is 2.83. The van der Waals surface area contributed by atoms with E-state index in [1.54, 1.807) is 11.3 Å². The molecule has 17 heavy (non-hydrogen) atoms. The number of nitrogens with zero attached hydrogens (tertiary/aromatic N) is 2. The summed E-state index contributed by atoms with van der Waals surface area (Å²) in [6, 6.07) is 2.07. The second-order valence-electron chi connectivity index (χ2n) is 3.60. The highest BCUT2D eigenvalue weighted by Crippen LogP contribution is 2.13. The Morgan fingerprint density at radius 3 is 2.76 bits per heavy atom. The average molecular weight is 248 g/mol. The van der Waals surface area contributed by atoms with Gasteiger partial charge in [0.15, 0.2) is 0 Å². The van der Waals surface area contributed by atoms with Crippen LogP contribution in [0.25, 0.3) is 0 Å². The van der Waals surface area contributed by atoms with Crippen molar-refractivity contribution < 1.29 is 0 Å². The summed E-state index contributed by atoms with van der Waals surface area (Å²) >= 11 is 1.69. The second kappa shape index (κ2) is 6.20. The van der Waals surface area contributed by atoms with E-state index in [1.807, 2.05) is 24.0 Å². The maximum atomic E-state index is 4.24. The van der Waals surface area contributed by atoms with Crippen molar-refractivity contribution in [3.05, 3.63) is 35.0 Å². The molecule has 2 rings (SSSR count). The van der Waals surface area contributed by atoms with Crippen LogP contribution >= 0.6 is 11.3 Å². The molecule has 0 spiro atoms. The number of thiazole rings is 1. The number of pyridine rings is 1. The third kappa shape index (κ3) is 3.71. The van der Waals surface area contributed by atoms with Gasteiger partial charge >= 0.3 is 0 Å². The molecule has 0 aliphatic heterocycles. The summed E-state index contributed by atoms with van der Waals surface area (Å²) in [5.74, 6) is 0. The van der Waals surface area contributed by atoms with Crippen molar-refractivity contribution in [2.45, 2.75) is 13.3 Å². The molecule has 0 amide bonds. The Bertz CT molecular complexity index is 442. The third-order valence-corrected chi connectivity index (χ3v) is 3.11. The van der Waals surface area contributed by atoms with Gasteiger partial charge in [0.2, 0.25) is 0 Å². The Morgan fingerprint density at radius 2 is 2.06 bits per heavy atom. The zero-order valence-electron chi connectivity index (χ0n) is 9.81. The molecule has 2 aromatic rings. The molecule has 2 N–H and O–H groups in total. The van der Waals surface area contributed by atoms with Crippen LogP contribution in [0.4, 0.5) is 11.4 Å². The lowest BCUT2D eigenvalue weighted by Crippen LogP contribution is -2.05. The van der Waals surface area contributed by atoms with Gasteiger partial charge in [-0.1, -0.05) is 0 Å². The Kier molecular flexibility index (Phi) is 4.32. The van der Waals surface area contributed by atoms with Crippen LogP contribution in [-0.4, -0.2) is 23.1 Å². The van der Waals surface area contributed by atoms with Crippen LogP contribution in [0.5, 0.6) is 0 Å². The summed E-state index contributed by atoms with van der Waals surface area (Å²) in [4.78, 5) is 8.43. The monoisotopic (exact) mass is 248 g/mol. The van der Waals surface area contributed by atoms with Gasteiger partial charge in [0, 0.05) is 31.1 Å². The Morgan fingerprint density at radius 1 is 1.24 bits per heavy atom. The summed E-state index contributed by atoms with van der Waals surface area (Å²) in [5, 5.41) is 9.75. The number of aromatic nitrogens is 2. The van der Waals surface area contributed by atoms with E-state index < -0.39 is 0 Å². The van der Waals surface area contributed by atoms with Crippen molar-refractivity contribution in [3.63, 3.8) is 0 Å². The number of hydrogen-bond acceptors (Lipinski definition) is 5. The molecule has 2 aromatic heterocycles. The molecule has 0 atom stereocenters.